The van der Waals surface area contributed by atoms with E-state index in [4.69, 9.17) is 4.74 Å². The molecule has 5 nitrogen and oxygen atoms in total. The van der Waals surface area contributed by atoms with Crippen LogP contribution >= 0.6 is 11.3 Å². The first-order chi connectivity index (χ1) is 8.31. The molecule has 17 heavy (non-hydrogen) atoms. The maximum atomic E-state index is 11.3. The van der Waals surface area contributed by atoms with E-state index in [-0.39, 0.29) is 0 Å². The van der Waals surface area contributed by atoms with Gasteiger partial charge in [-0.1, -0.05) is 0 Å². The Morgan fingerprint density at radius 2 is 2.53 bits per heavy atom. The smallest absolute Gasteiger partial charge is 0.436 e. The van der Waals surface area contributed by atoms with Gasteiger partial charge in [-0.15, -0.1) is 16.3 Å². The van der Waals surface area contributed by atoms with Crippen molar-refractivity contribution in [3.05, 3.63) is 40.9 Å². The van der Waals surface area contributed by atoms with Crippen molar-refractivity contribution in [1.82, 2.24) is 9.55 Å². The predicted molar refractivity (Wildman–Crippen MR) is 64.0 cm³/mol. The molecule has 0 unspecified atom stereocenters. The first-order valence-electron chi connectivity index (χ1n) is 5.09. The monoisotopic (exact) mass is 249 g/mol. The molecule has 0 aliphatic heterocycles. The minimum absolute atomic E-state index is 0.320. The normalized spacial score (nSPS) is 11.5. The lowest BCUT2D eigenvalue weighted by Crippen LogP contribution is -2.15. The molecule has 0 aliphatic rings. The van der Waals surface area contributed by atoms with Crippen molar-refractivity contribution in [1.29, 1.82) is 0 Å². The van der Waals surface area contributed by atoms with Gasteiger partial charge in [-0.25, -0.2) is 4.79 Å². The van der Waals surface area contributed by atoms with Crippen LogP contribution in [0.4, 0.5) is 4.79 Å². The molecule has 1 amide bonds. The van der Waals surface area contributed by atoms with Crippen molar-refractivity contribution >= 4 is 17.4 Å². The minimum atomic E-state index is -0.576. The fourth-order valence-electron chi connectivity index (χ4n) is 1.28. The van der Waals surface area contributed by atoms with Gasteiger partial charge in [-0.05, 0) is 19.1 Å². The Kier molecular flexibility index (Phi) is 3.66. The van der Waals surface area contributed by atoms with E-state index in [0.717, 1.165) is 5.69 Å². The molecule has 0 bridgehead atoms. The summed E-state index contributed by atoms with van der Waals surface area (Å²) in [5, 5.41) is 1.85. The maximum absolute atomic E-state index is 11.3. The molecule has 88 valence electrons. The van der Waals surface area contributed by atoms with E-state index in [1.54, 1.807) is 23.9 Å². The molecule has 2 aromatic rings. The van der Waals surface area contributed by atoms with Crippen LogP contribution in [-0.2, 0) is 4.74 Å². The summed E-state index contributed by atoms with van der Waals surface area (Å²) < 4.78 is 6.56. The Balaban J connectivity index is 2.39. The summed E-state index contributed by atoms with van der Waals surface area (Å²) in [5.74, 6) is 0. The Labute approximate surface area is 102 Å². The standard InChI is InChI=1S/C11H11N3O2S/c1-2-16-11(15)13-10-14(6-7-17-10)9-4-3-5-12-8-9/h3-8H,2H2,1H3. The molecule has 0 saturated heterocycles. The molecule has 0 atom stereocenters. The first kappa shape index (κ1) is 11.5. The second kappa shape index (κ2) is 5.40. The van der Waals surface area contributed by atoms with Gasteiger partial charge in [-0.3, -0.25) is 9.55 Å². The molecule has 6 heteroatoms. The minimum Gasteiger partial charge on any atom is -0.448 e. The van der Waals surface area contributed by atoms with Gasteiger partial charge in [0.15, 0.2) is 0 Å². The van der Waals surface area contributed by atoms with Crippen LogP contribution in [0.25, 0.3) is 5.69 Å². The summed E-state index contributed by atoms with van der Waals surface area (Å²) in [6.45, 7) is 2.07. The largest absolute Gasteiger partial charge is 0.448 e. The van der Waals surface area contributed by atoms with Crippen LogP contribution in [0.3, 0.4) is 0 Å². The van der Waals surface area contributed by atoms with Crippen molar-refractivity contribution in [3.8, 4) is 5.69 Å². The van der Waals surface area contributed by atoms with E-state index in [2.05, 4.69) is 9.98 Å². The van der Waals surface area contributed by atoms with E-state index in [9.17, 15) is 4.79 Å². The molecule has 0 saturated carbocycles. The predicted octanol–water partition coefficient (Wildman–Crippen LogP) is 1.99. The third-order valence-corrected chi connectivity index (χ3v) is 2.72. The third kappa shape index (κ3) is 2.79. The lowest BCUT2D eigenvalue weighted by Gasteiger charge is -2.00. The number of amides is 1. The van der Waals surface area contributed by atoms with Gasteiger partial charge in [-0.2, -0.15) is 0 Å². The SMILES string of the molecule is CCOC(=O)N=c1sccn1-c1cccnc1. The molecule has 0 aromatic carbocycles. The molecular formula is C11H11N3O2S. The van der Waals surface area contributed by atoms with Gasteiger partial charge in [0.1, 0.15) is 0 Å². The highest BCUT2D eigenvalue weighted by Crippen LogP contribution is 2.03. The summed E-state index contributed by atoms with van der Waals surface area (Å²) in [6, 6.07) is 3.72. The highest BCUT2D eigenvalue weighted by molar-refractivity contribution is 7.07. The molecule has 2 heterocycles. The Morgan fingerprint density at radius 3 is 3.24 bits per heavy atom. The van der Waals surface area contributed by atoms with Crippen LogP contribution in [0, 0.1) is 0 Å². The number of thiazole rings is 1. The lowest BCUT2D eigenvalue weighted by molar-refractivity contribution is 0.162. The maximum Gasteiger partial charge on any atom is 0.436 e. The average Bonchev–Trinajstić information content (AvgIpc) is 2.78. The summed E-state index contributed by atoms with van der Waals surface area (Å²) in [7, 11) is 0. The van der Waals surface area contributed by atoms with Crippen molar-refractivity contribution in [2.75, 3.05) is 6.61 Å². The first-order valence-corrected chi connectivity index (χ1v) is 5.97. The Morgan fingerprint density at radius 1 is 1.65 bits per heavy atom. The van der Waals surface area contributed by atoms with Gasteiger partial charge < -0.3 is 4.74 Å². The van der Waals surface area contributed by atoms with Gasteiger partial charge in [0.25, 0.3) is 0 Å². The summed E-state index contributed by atoms with van der Waals surface area (Å²) in [4.78, 5) is 19.7. The fourth-order valence-corrected chi connectivity index (χ4v) is 1.99. The van der Waals surface area contributed by atoms with Crippen molar-refractivity contribution in [2.45, 2.75) is 6.92 Å². The second-order valence-corrected chi connectivity index (χ2v) is 3.95. The number of hydrogen-bond donors (Lipinski definition) is 0. The number of carbonyl (C=O) groups excluding carboxylic acids is 1. The molecule has 0 aliphatic carbocycles. The Bertz CT molecular complexity index is 559. The number of nitrogens with zero attached hydrogens (tertiary/aromatic N) is 3. The average molecular weight is 249 g/mol. The van der Waals surface area contributed by atoms with Gasteiger partial charge in [0.05, 0.1) is 18.5 Å². The molecule has 2 rings (SSSR count). The van der Waals surface area contributed by atoms with Crippen molar-refractivity contribution in [2.24, 2.45) is 4.99 Å². The molecule has 0 fully saturated rings. The van der Waals surface area contributed by atoms with Gasteiger partial charge in [0, 0.05) is 17.8 Å². The topological polar surface area (TPSA) is 56.5 Å². The zero-order valence-electron chi connectivity index (χ0n) is 9.24. The highest BCUT2D eigenvalue weighted by atomic mass is 32.1. The summed E-state index contributed by atoms with van der Waals surface area (Å²) in [6.07, 6.45) is 4.66. The third-order valence-electron chi connectivity index (χ3n) is 1.97. The number of rotatable bonds is 2. The van der Waals surface area contributed by atoms with Crippen LogP contribution in [0.2, 0.25) is 0 Å². The summed E-state index contributed by atoms with van der Waals surface area (Å²) in [5.41, 5.74) is 0.858. The molecule has 0 N–H and O–H groups in total. The molecular weight excluding hydrogens is 238 g/mol. The lowest BCUT2D eigenvalue weighted by atomic mass is 10.4. The van der Waals surface area contributed by atoms with Crippen LogP contribution in [0.5, 0.6) is 0 Å². The van der Waals surface area contributed by atoms with Gasteiger partial charge >= 0.3 is 6.09 Å². The quantitative estimate of drug-likeness (QED) is 0.817. The Hall–Kier alpha value is -1.95. The van der Waals surface area contributed by atoms with Crippen LogP contribution in [0.15, 0.2) is 41.1 Å². The summed E-state index contributed by atoms with van der Waals surface area (Å²) >= 11 is 1.37. The number of hydrogen-bond acceptors (Lipinski definition) is 4. The highest BCUT2D eigenvalue weighted by Gasteiger charge is 2.02. The van der Waals surface area contributed by atoms with Crippen molar-refractivity contribution < 1.29 is 9.53 Å². The number of aromatic nitrogens is 2. The van der Waals surface area contributed by atoms with Gasteiger partial charge in [0.2, 0.25) is 4.80 Å². The number of pyridine rings is 1. The zero-order valence-corrected chi connectivity index (χ0v) is 10.1. The molecule has 0 spiro atoms. The van der Waals surface area contributed by atoms with E-state index >= 15 is 0 Å². The second-order valence-electron chi connectivity index (χ2n) is 3.08. The zero-order chi connectivity index (χ0) is 12.1. The van der Waals surface area contributed by atoms with E-state index in [1.807, 2.05) is 23.7 Å². The van der Waals surface area contributed by atoms with Crippen LogP contribution in [-0.4, -0.2) is 22.3 Å². The van der Waals surface area contributed by atoms with Crippen LogP contribution < -0.4 is 4.80 Å². The van der Waals surface area contributed by atoms with Crippen molar-refractivity contribution in [3.63, 3.8) is 0 Å². The fraction of sp³-hybridized carbons (Fsp3) is 0.182. The number of carbonyl (C=O) groups is 1. The van der Waals surface area contributed by atoms with Crippen LogP contribution in [0.1, 0.15) is 6.92 Å². The molecule has 0 radical (unpaired) electrons. The number of ether oxygens (including phenoxy) is 1. The molecule has 2 aromatic heterocycles. The van der Waals surface area contributed by atoms with E-state index in [0.29, 0.717) is 11.4 Å². The van der Waals surface area contributed by atoms with E-state index < -0.39 is 6.09 Å². The van der Waals surface area contributed by atoms with E-state index in [1.165, 1.54) is 11.3 Å².